The predicted molar refractivity (Wildman–Crippen MR) is 50.2 cm³/mol. The first-order chi connectivity index (χ1) is 7.61. The Morgan fingerprint density at radius 2 is 2.50 bits per heavy atom. The van der Waals surface area contributed by atoms with E-state index >= 15 is 0 Å². The van der Waals surface area contributed by atoms with Crippen LogP contribution in [0.2, 0.25) is 0 Å². The normalized spacial score (nSPS) is 29.5. The minimum atomic E-state index is -0.792. The molecule has 0 aromatic carbocycles. The van der Waals surface area contributed by atoms with Gasteiger partial charge in [-0.15, -0.1) is 5.10 Å². The Morgan fingerprint density at radius 1 is 1.75 bits per heavy atom. The number of aromatic nitrogens is 3. The number of ether oxygens (including phenoxy) is 1. The van der Waals surface area contributed by atoms with Crippen LogP contribution in [0, 0.1) is 0 Å². The van der Waals surface area contributed by atoms with Crippen molar-refractivity contribution in [2.24, 2.45) is 5.73 Å². The first kappa shape index (κ1) is 11.0. The minimum absolute atomic E-state index is 0.00301. The van der Waals surface area contributed by atoms with Crippen LogP contribution in [0.15, 0.2) is 6.20 Å². The second-order valence-electron chi connectivity index (χ2n) is 3.58. The molecule has 8 heteroatoms. The van der Waals surface area contributed by atoms with Crippen molar-refractivity contribution in [2.75, 3.05) is 6.61 Å². The molecule has 1 unspecified atom stereocenters. The van der Waals surface area contributed by atoms with Gasteiger partial charge in [-0.1, -0.05) is 5.21 Å². The molecule has 88 valence electrons. The van der Waals surface area contributed by atoms with Crippen LogP contribution in [-0.2, 0) is 4.74 Å². The third kappa shape index (κ3) is 1.90. The second-order valence-corrected chi connectivity index (χ2v) is 3.58. The molecule has 8 nitrogen and oxygen atoms in total. The number of rotatable bonds is 3. The van der Waals surface area contributed by atoms with E-state index in [0.717, 1.165) is 0 Å². The Kier molecular flexibility index (Phi) is 2.86. The summed E-state index contributed by atoms with van der Waals surface area (Å²) in [5.41, 5.74) is 5.02. The third-order valence-electron chi connectivity index (χ3n) is 2.39. The van der Waals surface area contributed by atoms with Crippen molar-refractivity contribution in [1.82, 2.24) is 15.0 Å². The summed E-state index contributed by atoms with van der Waals surface area (Å²) in [4.78, 5) is 10.8. The largest absolute Gasteiger partial charge is 0.394 e. The van der Waals surface area contributed by atoms with Crippen LogP contribution in [0.3, 0.4) is 0 Å². The van der Waals surface area contributed by atoms with Crippen LogP contribution in [0.4, 0.5) is 0 Å². The average molecular weight is 228 g/mol. The number of nitrogens with zero attached hydrogens (tertiary/aromatic N) is 3. The number of hydrogen-bond acceptors (Lipinski definition) is 6. The molecule has 0 saturated carbocycles. The molecule has 1 aliphatic heterocycles. The van der Waals surface area contributed by atoms with Crippen LogP contribution in [0.1, 0.15) is 23.1 Å². The monoisotopic (exact) mass is 228 g/mol. The Labute approximate surface area is 90.6 Å². The Balaban J connectivity index is 2.15. The summed E-state index contributed by atoms with van der Waals surface area (Å²) in [7, 11) is 0. The number of amides is 1. The van der Waals surface area contributed by atoms with E-state index in [9.17, 15) is 9.90 Å². The van der Waals surface area contributed by atoms with Crippen LogP contribution < -0.4 is 5.73 Å². The van der Waals surface area contributed by atoms with E-state index in [4.69, 9.17) is 15.6 Å². The summed E-state index contributed by atoms with van der Waals surface area (Å²) in [6.07, 6.45) is -0.346. The van der Waals surface area contributed by atoms with Gasteiger partial charge >= 0.3 is 0 Å². The van der Waals surface area contributed by atoms with Crippen LogP contribution in [0.5, 0.6) is 0 Å². The first-order valence-corrected chi connectivity index (χ1v) is 4.78. The van der Waals surface area contributed by atoms with E-state index in [-0.39, 0.29) is 12.3 Å². The molecular formula is C8H12N4O4. The van der Waals surface area contributed by atoms with E-state index in [2.05, 4.69) is 10.3 Å². The fourth-order valence-corrected chi connectivity index (χ4v) is 1.60. The Morgan fingerprint density at radius 3 is 3.00 bits per heavy atom. The van der Waals surface area contributed by atoms with Crippen LogP contribution >= 0.6 is 0 Å². The van der Waals surface area contributed by atoms with Crippen LogP contribution in [0.25, 0.3) is 0 Å². The lowest BCUT2D eigenvalue weighted by molar-refractivity contribution is -0.0578. The maximum atomic E-state index is 10.8. The van der Waals surface area contributed by atoms with Gasteiger partial charge in [-0.05, 0) is 0 Å². The van der Waals surface area contributed by atoms with Gasteiger partial charge in [-0.2, -0.15) is 0 Å². The summed E-state index contributed by atoms with van der Waals surface area (Å²) in [6, 6.07) is 0. The number of aliphatic hydroxyl groups is 2. The fourth-order valence-electron chi connectivity index (χ4n) is 1.60. The molecule has 1 amide bonds. The van der Waals surface area contributed by atoms with E-state index in [1.54, 1.807) is 0 Å². The van der Waals surface area contributed by atoms with Crippen molar-refractivity contribution in [1.29, 1.82) is 0 Å². The highest BCUT2D eigenvalue weighted by Gasteiger charge is 2.35. The second kappa shape index (κ2) is 4.16. The molecule has 1 aromatic heterocycles. The molecule has 1 aromatic rings. The zero-order valence-corrected chi connectivity index (χ0v) is 8.35. The number of primary amides is 1. The molecule has 2 heterocycles. The summed E-state index contributed by atoms with van der Waals surface area (Å²) in [5, 5.41) is 25.7. The molecule has 1 saturated heterocycles. The highest BCUT2D eigenvalue weighted by molar-refractivity contribution is 5.90. The number of nitrogens with two attached hydrogens (primary N) is 1. The van der Waals surface area contributed by atoms with Gasteiger partial charge in [0, 0.05) is 6.42 Å². The van der Waals surface area contributed by atoms with Gasteiger partial charge in [-0.3, -0.25) is 4.79 Å². The summed E-state index contributed by atoms with van der Waals surface area (Å²) in [6.45, 7) is -0.176. The molecule has 0 radical (unpaired) electrons. The smallest absolute Gasteiger partial charge is 0.270 e. The highest BCUT2D eigenvalue weighted by Crippen LogP contribution is 2.27. The maximum Gasteiger partial charge on any atom is 0.270 e. The molecule has 0 aliphatic carbocycles. The zero-order chi connectivity index (χ0) is 11.7. The highest BCUT2D eigenvalue weighted by atomic mass is 16.5. The maximum absolute atomic E-state index is 10.8. The van der Waals surface area contributed by atoms with Crippen LogP contribution in [-0.4, -0.2) is 49.9 Å². The van der Waals surface area contributed by atoms with Gasteiger partial charge in [0.1, 0.15) is 6.10 Å². The Bertz CT molecular complexity index is 393. The molecule has 2 rings (SSSR count). The van der Waals surface area contributed by atoms with Gasteiger partial charge in [0.05, 0.1) is 18.9 Å². The topological polar surface area (TPSA) is 123 Å². The lowest BCUT2D eigenvalue weighted by atomic mass is 10.2. The summed E-state index contributed by atoms with van der Waals surface area (Å²) >= 11 is 0. The van der Waals surface area contributed by atoms with Gasteiger partial charge in [0.15, 0.2) is 11.9 Å². The van der Waals surface area contributed by atoms with E-state index in [1.165, 1.54) is 10.9 Å². The van der Waals surface area contributed by atoms with Crippen molar-refractivity contribution in [3.63, 3.8) is 0 Å². The number of carbonyl (C=O) groups is 1. The van der Waals surface area contributed by atoms with Crippen molar-refractivity contribution < 1.29 is 19.7 Å². The molecule has 0 spiro atoms. The lowest BCUT2D eigenvalue weighted by Crippen LogP contribution is -2.20. The molecular weight excluding hydrogens is 216 g/mol. The molecule has 4 N–H and O–H groups in total. The average Bonchev–Trinajstić information content (AvgIpc) is 2.83. The zero-order valence-electron chi connectivity index (χ0n) is 8.35. The summed E-state index contributed by atoms with van der Waals surface area (Å²) in [5.74, 6) is -0.697. The fraction of sp³-hybridized carbons (Fsp3) is 0.625. The third-order valence-corrected chi connectivity index (χ3v) is 2.39. The predicted octanol–water partition coefficient (Wildman–Crippen LogP) is -1.98. The lowest BCUT2D eigenvalue weighted by Gasteiger charge is -2.13. The van der Waals surface area contributed by atoms with Gasteiger partial charge < -0.3 is 20.7 Å². The van der Waals surface area contributed by atoms with E-state index < -0.39 is 24.3 Å². The quantitative estimate of drug-likeness (QED) is 0.550. The van der Waals surface area contributed by atoms with Gasteiger partial charge in [0.25, 0.3) is 5.91 Å². The van der Waals surface area contributed by atoms with Crippen molar-refractivity contribution >= 4 is 5.91 Å². The van der Waals surface area contributed by atoms with Gasteiger partial charge in [0.2, 0.25) is 0 Å². The van der Waals surface area contributed by atoms with Crippen molar-refractivity contribution in [3.8, 4) is 0 Å². The van der Waals surface area contributed by atoms with E-state index in [0.29, 0.717) is 6.42 Å². The van der Waals surface area contributed by atoms with E-state index in [1.807, 2.05) is 0 Å². The molecule has 0 bridgehead atoms. The Hall–Kier alpha value is -1.51. The molecule has 16 heavy (non-hydrogen) atoms. The van der Waals surface area contributed by atoms with Crippen molar-refractivity contribution in [2.45, 2.75) is 24.9 Å². The van der Waals surface area contributed by atoms with Crippen molar-refractivity contribution in [3.05, 3.63) is 11.9 Å². The number of aliphatic hydroxyl groups excluding tert-OH is 2. The molecule has 1 fully saturated rings. The van der Waals surface area contributed by atoms with Gasteiger partial charge in [-0.25, -0.2) is 4.68 Å². The minimum Gasteiger partial charge on any atom is -0.394 e. The standard InChI is InChI=1S/C8H12N4O4/c9-7(15)5-2-12(11-10-5)8-6(14)1-4(3-13)16-8/h2,4,6,8,13-14H,1,3H2,(H2,9,15)/t4-,6?,8+/m0/s1. The first-order valence-electron chi connectivity index (χ1n) is 4.78. The SMILES string of the molecule is NC(=O)c1cn([C@@H]2O[C@H](CO)CC2O)nn1. The molecule has 3 atom stereocenters. The molecule has 1 aliphatic rings. The number of hydrogen-bond donors (Lipinski definition) is 3. The number of carbonyl (C=O) groups excluding carboxylic acids is 1. The summed E-state index contributed by atoms with van der Waals surface area (Å²) < 4.78 is 6.53.